The highest BCUT2D eigenvalue weighted by molar-refractivity contribution is 7.17. The van der Waals surface area contributed by atoms with Gasteiger partial charge in [0.05, 0.1) is 10.2 Å². The van der Waals surface area contributed by atoms with Crippen LogP contribution in [0.15, 0.2) is 11.4 Å². The number of rotatable bonds is 1. The molecule has 0 amide bonds. The molecule has 1 aliphatic heterocycles. The van der Waals surface area contributed by atoms with E-state index in [4.69, 9.17) is 4.98 Å². The molecule has 0 fully saturated rings. The zero-order chi connectivity index (χ0) is 11.8. The van der Waals surface area contributed by atoms with Gasteiger partial charge in [-0.25, -0.2) is 0 Å². The Kier molecular flexibility index (Phi) is 2.89. The molecular formula is C14H18N2S. The average Bonchev–Trinajstić information content (AvgIpc) is 2.70. The summed E-state index contributed by atoms with van der Waals surface area (Å²) in [7, 11) is 0. The summed E-state index contributed by atoms with van der Waals surface area (Å²) in [5.74, 6) is 0. The predicted octanol–water partition coefficient (Wildman–Crippen LogP) is 3.03. The van der Waals surface area contributed by atoms with E-state index < -0.39 is 0 Å². The Morgan fingerprint density at radius 2 is 2.18 bits per heavy atom. The van der Waals surface area contributed by atoms with E-state index in [-0.39, 0.29) is 0 Å². The molecule has 3 heterocycles. The molecule has 1 aliphatic rings. The van der Waals surface area contributed by atoms with Gasteiger partial charge >= 0.3 is 0 Å². The lowest BCUT2D eigenvalue weighted by molar-refractivity contribution is 0.303. The minimum absolute atomic E-state index is 1.11. The lowest BCUT2D eigenvalue weighted by atomic mass is 10.0. The first-order valence-electron chi connectivity index (χ1n) is 6.37. The van der Waals surface area contributed by atoms with Crippen LogP contribution in [0, 0.1) is 6.92 Å². The number of hydrogen-bond acceptors (Lipinski definition) is 3. The monoisotopic (exact) mass is 246 g/mol. The fourth-order valence-electron chi connectivity index (χ4n) is 2.74. The van der Waals surface area contributed by atoms with Gasteiger partial charge in [-0.05, 0) is 42.5 Å². The Balaban J connectivity index is 2.09. The first-order chi connectivity index (χ1) is 8.29. The fraction of sp³-hybridized carbons (Fsp3) is 0.500. The third-order valence-corrected chi connectivity index (χ3v) is 4.85. The topological polar surface area (TPSA) is 16.1 Å². The first kappa shape index (κ1) is 11.2. The number of hydrogen-bond donors (Lipinski definition) is 0. The summed E-state index contributed by atoms with van der Waals surface area (Å²) in [5.41, 5.74) is 5.51. The number of nitrogens with zero attached hydrogens (tertiary/aromatic N) is 2. The number of fused-ring (bicyclic) bond motifs is 2. The van der Waals surface area contributed by atoms with Crippen LogP contribution in [0.2, 0.25) is 0 Å². The standard InChI is InChI=1S/C14H18N2S/c1-3-16-7-4-11-10(2)14-13(6-9-17-14)15-12(11)5-8-16/h6,9H,3-5,7-8H2,1-2H3. The minimum atomic E-state index is 1.11. The van der Waals surface area contributed by atoms with Crippen LogP contribution in [0.3, 0.4) is 0 Å². The molecule has 0 N–H and O–H groups in total. The number of thiophene rings is 1. The molecule has 3 rings (SSSR count). The predicted molar refractivity (Wildman–Crippen MR) is 73.9 cm³/mol. The third kappa shape index (κ3) is 1.87. The molecule has 0 unspecified atom stereocenters. The molecule has 17 heavy (non-hydrogen) atoms. The Morgan fingerprint density at radius 3 is 3.00 bits per heavy atom. The van der Waals surface area contributed by atoms with E-state index in [9.17, 15) is 0 Å². The van der Waals surface area contributed by atoms with Crippen LogP contribution < -0.4 is 0 Å². The van der Waals surface area contributed by atoms with Crippen LogP contribution in [-0.2, 0) is 12.8 Å². The van der Waals surface area contributed by atoms with Gasteiger partial charge < -0.3 is 4.90 Å². The summed E-state index contributed by atoms with van der Waals surface area (Å²) in [6.45, 7) is 8.01. The summed E-state index contributed by atoms with van der Waals surface area (Å²) >= 11 is 1.82. The molecule has 0 aromatic carbocycles. The van der Waals surface area contributed by atoms with Gasteiger partial charge in [-0.2, -0.15) is 0 Å². The van der Waals surface area contributed by atoms with Crippen LogP contribution in [-0.4, -0.2) is 29.5 Å². The van der Waals surface area contributed by atoms with Crippen molar-refractivity contribution in [3.8, 4) is 0 Å². The SMILES string of the molecule is CCN1CCc2nc3ccsc3c(C)c2CC1. The van der Waals surface area contributed by atoms with Gasteiger partial charge in [0.25, 0.3) is 0 Å². The van der Waals surface area contributed by atoms with Crippen molar-refractivity contribution in [2.24, 2.45) is 0 Å². The maximum Gasteiger partial charge on any atom is 0.0815 e. The van der Waals surface area contributed by atoms with Gasteiger partial charge in [-0.3, -0.25) is 4.98 Å². The van der Waals surface area contributed by atoms with E-state index in [0.717, 1.165) is 25.9 Å². The molecule has 0 saturated heterocycles. The molecule has 2 aromatic rings. The van der Waals surface area contributed by atoms with E-state index in [1.807, 2.05) is 11.3 Å². The van der Waals surface area contributed by atoms with Crippen LogP contribution in [0.25, 0.3) is 10.2 Å². The molecule has 0 aliphatic carbocycles. The Labute approximate surface area is 106 Å². The van der Waals surface area contributed by atoms with Gasteiger partial charge in [0.1, 0.15) is 0 Å². The van der Waals surface area contributed by atoms with E-state index in [2.05, 4.69) is 30.2 Å². The smallest absolute Gasteiger partial charge is 0.0815 e. The molecule has 0 atom stereocenters. The first-order valence-corrected chi connectivity index (χ1v) is 7.25. The van der Waals surface area contributed by atoms with E-state index in [1.165, 1.54) is 33.6 Å². The van der Waals surface area contributed by atoms with Crippen LogP contribution in [0.5, 0.6) is 0 Å². The summed E-state index contributed by atoms with van der Waals surface area (Å²) < 4.78 is 1.38. The largest absolute Gasteiger partial charge is 0.303 e. The number of likely N-dealkylation sites (N-methyl/N-ethyl adjacent to an activating group) is 1. The number of aromatic nitrogens is 1. The second-order valence-corrected chi connectivity index (χ2v) is 5.65. The van der Waals surface area contributed by atoms with Gasteiger partial charge in [-0.1, -0.05) is 6.92 Å². The van der Waals surface area contributed by atoms with Crippen molar-refractivity contribution in [2.45, 2.75) is 26.7 Å². The van der Waals surface area contributed by atoms with Crippen LogP contribution in [0.4, 0.5) is 0 Å². The number of pyridine rings is 1. The highest BCUT2D eigenvalue weighted by atomic mass is 32.1. The van der Waals surface area contributed by atoms with Crippen molar-refractivity contribution in [3.63, 3.8) is 0 Å². The highest BCUT2D eigenvalue weighted by Crippen LogP contribution is 2.29. The van der Waals surface area contributed by atoms with E-state index >= 15 is 0 Å². The second-order valence-electron chi connectivity index (χ2n) is 4.73. The van der Waals surface area contributed by atoms with Gasteiger partial charge in [0.15, 0.2) is 0 Å². The maximum atomic E-state index is 4.85. The molecule has 2 nitrogen and oxygen atoms in total. The van der Waals surface area contributed by atoms with Crippen molar-refractivity contribution >= 4 is 21.6 Å². The van der Waals surface area contributed by atoms with Gasteiger partial charge in [0.2, 0.25) is 0 Å². The normalized spacial score (nSPS) is 17.1. The van der Waals surface area contributed by atoms with Crippen molar-refractivity contribution in [1.29, 1.82) is 0 Å². The molecule has 2 aromatic heterocycles. The van der Waals surface area contributed by atoms with Crippen LogP contribution >= 0.6 is 11.3 Å². The molecule has 90 valence electrons. The van der Waals surface area contributed by atoms with Gasteiger partial charge in [0, 0.05) is 25.2 Å². The maximum absolute atomic E-state index is 4.85. The highest BCUT2D eigenvalue weighted by Gasteiger charge is 2.17. The van der Waals surface area contributed by atoms with Gasteiger partial charge in [-0.15, -0.1) is 11.3 Å². The quantitative estimate of drug-likeness (QED) is 0.769. The molecule has 0 radical (unpaired) electrons. The Morgan fingerprint density at radius 1 is 1.35 bits per heavy atom. The third-order valence-electron chi connectivity index (χ3n) is 3.83. The van der Waals surface area contributed by atoms with Crippen LogP contribution in [0.1, 0.15) is 23.7 Å². The molecular weight excluding hydrogens is 228 g/mol. The molecule has 3 heteroatoms. The fourth-order valence-corrected chi connectivity index (χ4v) is 3.61. The molecule has 0 saturated carbocycles. The lowest BCUT2D eigenvalue weighted by Gasteiger charge is -2.16. The molecule has 0 bridgehead atoms. The second kappa shape index (κ2) is 4.39. The molecule has 0 spiro atoms. The summed E-state index contributed by atoms with van der Waals surface area (Å²) in [6.07, 6.45) is 2.27. The van der Waals surface area contributed by atoms with Crippen molar-refractivity contribution < 1.29 is 0 Å². The summed E-state index contributed by atoms with van der Waals surface area (Å²) in [6, 6.07) is 2.15. The van der Waals surface area contributed by atoms with E-state index in [0.29, 0.717) is 0 Å². The van der Waals surface area contributed by atoms with Crippen molar-refractivity contribution in [1.82, 2.24) is 9.88 Å². The zero-order valence-corrected chi connectivity index (χ0v) is 11.3. The zero-order valence-electron chi connectivity index (χ0n) is 10.5. The minimum Gasteiger partial charge on any atom is -0.303 e. The Bertz CT molecular complexity index is 544. The lowest BCUT2D eigenvalue weighted by Crippen LogP contribution is -2.25. The average molecular weight is 246 g/mol. The number of aryl methyl sites for hydroxylation is 1. The van der Waals surface area contributed by atoms with Crippen molar-refractivity contribution in [3.05, 3.63) is 28.3 Å². The summed E-state index contributed by atoms with van der Waals surface area (Å²) in [4.78, 5) is 7.37. The van der Waals surface area contributed by atoms with Crippen molar-refractivity contribution in [2.75, 3.05) is 19.6 Å². The summed E-state index contributed by atoms with van der Waals surface area (Å²) in [5, 5.41) is 2.16. The Hall–Kier alpha value is -0.930. The van der Waals surface area contributed by atoms with E-state index in [1.54, 1.807) is 0 Å².